The summed E-state index contributed by atoms with van der Waals surface area (Å²) in [5.74, 6) is -0.156. The molecule has 1 atom stereocenters. The molecule has 5 nitrogen and oxygen atoms in total. The molecule has 0 N–H and O–H groups in total. The zero-order valence-electron chi connectivity index (χ0n) is 14.0. The first kappa shape index (κ1) is 16.8. The highest BCUT2D eigenvalue weighted by molar-refractivity contribution is 7.14. The molecule has 1 aromatic carbocycles. The molecule has 0 saturated carbocycles. The Morgan fingerprint density at radius 3 is 2.77 bits per heavy atom. The van der Waals surface area contributed by atoms with Gasteiger partial charge in [0.15, 0.2) is 5.01 Å². The smallest absolute Gasteiger partial charge is 0.253 e. The summed E-state index contributed by atoms with van der Waals surface area (Å²) in [6.45, 7) is 1.34. The van der Waals surface area contributed by atoms with E-state index in [2.05, 4.69) is 15.2 Å². The van der Waals surface area contributed by atoms with Gasteiger partial charge < -0.3 is 4.90 Å². The largest absolute Gasteiger partial charge is 0.338 e. The number of nitrogens with zero attached hydrogens (tertiary/aromatic N) is 4. The Bertz CT molecular complexity index is 915. The van der Waals surface area contributed by atoms with Gasteiger partial charge in [0.2, 0.25) is 0 Å². The van der Waals surface area contributed by atoms with Crippen LogP contribution in [0.4, 0.5) is 4.39 Å². The topological polar surface area (TPSA) is 59.0 Å². The first-order valence-corrected chi connectivity index (χ1v) is 9.31. The van der Waals surface area contributed by atoms with Gasteiger partial charge in [-0.1, -0.05) is 23.5 Å². The summed E-state index contributed by atoms with van der Waals surface area (Å²) in [5, 5.41) is 9.88. The molecule has 1 aliphatic rings. The zero-order chi connectivity index (χ0) is 17.9. The second-order valence-electron chi connectivity index (χ2n) is 6.25. The van der Waals surface area contributed by atoms with E-state index in [-0.39, 0.29) is 17.6 Å². The summed E-state index contributed by atoms with van der Waals surface area (Å²) < 4.78 is 14.0. The number of carbonyl (C=O) groups excluding carboxylic acids is 1. The summed E-state index contributed by atoms with van der Waals surface area (Å²) in [5.41, 5.74) is 1.11. The minimum Gasteiger partial charge on any atom is -0.338 e. The maximum atomic E-state index is 14.0. The Hall–Kier alpha value is -2.67. The van der Waals surface area contributed by atoms with E-state index in [0.29, 0.717) is 22.7 Å². The van der Waals surface area contributed by atoms with Crippen molar-refractivity contribution in [2.75, 3.05) is 13.1 Å². The van der Waals surface area contributed by atoms with Crippen LogP contribution in [0.2, 0.25) is 0 Å². The second-order valence-corrected chi connectivity index (χ2v) is 7.26. The monoisotopic (exact) mass is 368 g/mol. The maximum absolute atomic E-state index is 14.0. The molecule has 7 heteroatoms. The number of carbonyl (C=O) groups is 1. The number of pyridine rings is 1. The highest BCUT2D eigenvalue weighted by Crippen LogP contribution is 2.33. The summed E-state index contributed by atoms with van der Waals surface area (Å²) >= 11 is 1.41. The number of amides is 1. The number of benzene rings is 1. The maximum Gasteiger partial charge on any atom is 0.253 e. The number of hydrogen-bond donors (Lipinski definition) is 0. The minimum atomic E-state index is -0.298. The molecule has 3 heterocycles. The van der Waals surface area contributed by atoms with Gasteiger partial charge in [0.25, 0.3) is 5.91 Å². The average molecular weight is 368 g/mol. The van der Waals surface area contributed by atoms with E-state index >= 15 is 0 Å². The molecule has 1 amide bonds. The molecule has 4 rings (SSSR count). The molecule has 0 aliphatic carbocycles. The lowest BCUT2D eigenvalue weighted by atomic mass is 9.98. The number of halogens is 1. The molecular formula is C19H17FN4OS. The summed E-state index contributed by atoms with van der Waals surface area (Å²) in [6.07, 6.45) is 5.11. The summed E-state index contributed by atoms with van der Waals surface area (Å²) in [7, 11) is 0. The van der Waals surface area contributed by atoms with E-state index in [1.807, 2.05) is 4.90 Å². The molecule has 132 valence electrons. The molecule has 1 saturated heterocycles. The summed E-state index contributed by atoms with van der Waals surface area (Å²) in [6, 6.07) is 10.0. The van der Waals surface area contributed by atoms with Gasteiger partial charge in [-0.05, 0) is 37.1 Å². The van der Waals surface area contributed by atoms with Crippen molar-refractivity contribution in [2.24, 2.45) is 0 Å². The number of piperidine rings is 1. The van der Waals surface area contributed by atoms with Crippen LogP contribution in [0.1, 0.15) is 34.1 Å². The Balaban J connectivity index is 1.52. The van der Waals surface area contributed by atoms with Gasteiger partial charge >= 0.3 is 0 Å². The van der Waals surface area contributed by atoms with Crippen molar-refractivity contribution < 1.29 is 9.18 Å². The second kappa shape index (κ2) is 7.29. The van der Waals surface area contributed by atoms with Gasteiger partial charge in [-0.25, -0.2) is 4.39 Å². The van der Waals surface area contributed by atoms with Crippen LogP contribution >= 0.6 is 11.3 Å². The third kappa shape index (κ3) is 3.35. The van der Waals surface area contributed by atoms with Gasteiger partial charge in [0, 0.05) is 42.5 Å². The van der Waals surface area contributed by atoms with Crippen molar-refractivity contribution in [3.63, 3.8) is 0 Å². The SMILES string of the molecule is O=C(c1ccncc1)N1CCCC(c2nnc(-c3ccccc3F)s2)C1. The van der Waals surface area contributed by atoms with Gasteiger partial charge in [0.1, 0.15) is 10.8 Å². The van der Waals surface area contributed by atoms with E-state index in [1.165, 1.54) is 17.4 Å². The van der Waals surface area contributed by atoms with Crippen LogP contribution in [-0.4, -0.2) is 39.1 Å². The molecule has 26 heavy (non-hydrogen) atoms. The standard InChI is InChI=1S/C19H17FN4OS/c20-16-6-2-1-5-15(16)18-23-22-17(26-18)14-4-3-11-24(12-14)19(25)13-7-9-21-10-8-13/h1-2,5-10,14H,3-4,11-12H2. The molecule has 0 radical (unpaired) electrons. The first-order valence-electron chi connectivity index (χ1n) is 8.50. The third-order valence-electron chi connectivity index (χ3n) is 4.53. The van der Waals surface area contributed by atoms with Crippen molar-refractivity contribution in [2.45, 2.75) is 18.8 Å². The van der Waals surface area contributed by atoms with Crippen molar-refractivity contribution in [3.8, 4) is 10.6 Å². The molecule has 3 aromatic rings. The van der Waals surface area contributed by atoms with E-state index in [4.69, 9.17) is 0 Å². The average Bonchev–Trinajstić information content (AvgIpc) is 3.18. The third-order valence-corrected chi connectivity index (χ3v) is 5.65. The van der Waals surface area contributed by atoms with Crippen LogP contribution in [0, 0.1) is 5.82 Å². The van der Waals surface area contributed by atoms with E-state index in [0.717, 1.165) is 24.4 Å². The fraction of sp³-hybridized carbons (Fsp3) is 0.263. The lowest BCUT2D eigenvalue weighted by Gasteiger charge is -2.31. The minimum absolute atomic E-state index is 0.0101. The van der Waals surface area contributed by atoms with Crippen molar-refractivity contribution >= 4 is 17.2 Å². The zero-order valence-corrected chi connectivity index (χ0v) is 14.8. The predicted octanol–water partition coefficient (Wildman–Crippen LogP) is 3.76. The molecule has 2 aromatic heterocycles. The fourth-order valence-electron chi connectivity index (χ4n) is 3.18. The van der Waals surface area contributed by atoms with Gasteiger partial charge in [-0.15, -0.1) is 10.2 Å². The highest BCUT2D eigenvalue weighted by atomic mass is 32.1. The molecule has 1 unspecified atom stereocenters. The van der Waals surface area contributed by atoms with Gasteiger partial charge in [0.05, 0.1) is 0 Å². The number of likely N-dealkylation sites (tertiary alicyclic amines) is 1. The normalized spacial score (nSPS) is 17.3. The van der Waals surface area contributed by atoms with Crippen LogP contribution in [0.25, 0.3) is 10.6 Å². The van der Waals surface area contributed by atoms with Crippen molar-refractivity contribution in [1.82, 2.24) is 20.1 Å². The predicted molar refractivity (Wildman–Crippen MR) is 97.4 cm³/mol. The van der Waals surface area contributed by atoms with E-state index < -0.39 is 0 Å². The lowest BCUT2D eigenvalue weighted by molar-refractivity contribution is 0.0706. The number of rotatable bonds is 3. The molecule has 0 spiro atoms. The molecular weight excluding hydrogens is 351 g/mol. The van der Waals surface area contributed by atoms with Crippen LogP contribution < -0.4 is 0 Å². The van der Waals surface area contributed by atoms with Gasteiger partial charge in [-0.2, -0.15) is 0 Å². The van der Waals surface area contributed by atoms with Crippen molar-refractivity contribution in [1.29, 1.82) is 0 Å². The van der Waals surface area contributed by atoms with E-state index in [1.54, 1.807) is 42.7 Å². The van der Waals surface area contributed by atoms with Crippen LogP contribution in [0.5, 0.6) is 0 Å². The molecule has 0 bridgehead atoms. The van der Waals surface area contributed by atoms with Crippen LogP contribution in [0.15, 0.2) is 48.8 Å². The van der Waals surface area contributed by atoms with E-state index in [9.17, 15) is 9.18 Å². The lowest BCUT2D eigenvalue weighted by Crippen LogP contribution is -2.39. The number of aromatic nitrogens is 3. The Labute approximate surface area is 154 Å². The number of hydrogen-bond acceptors (Lipinski definition) is 5. The van der Waals surface area contributed by atoms with Crippen LogP contribution in [0.3, 0.4) is 0 Å². The van der Waals surface area contributed by atoms with Gasteiger partial charge in [-0.3, -0.25) is 9.78 Å². The van der Waals surface area contributed by atoms with Crippen molar-refractivity contribution in [3.05, 3.63) is 65.2 Å². The summed E-state index contributed by atoms with van der Waals surface area (Å²) in [4.78, 5) is 18.5. The molecule has 1 aliphatic heterocycles. The van der Waals surface area contributed by atoms with Crippen LogP contribution in [-0.2, 0) is 0 Å². The first-order chi connectivity index (χ1) is 12.7. The Morgan fingerprint density at radius 2 is 1.96 bits per heavy atom. The molecule has 1 fully saturated rings. The quantitative estimate of drug-likeness (QED) is 0.706. The Kier molecular flexibility index (Phi) is 4.71. The Morgan fingerprint density at radius 1 is 1.15 bits per heavy atom. The highest BCUT2D eigenvalue weighted by Gasteiger charge is 2.28. The fourth-order valence-corrected chi connectivity index (χ4v) is 4.18.